The number of aryl methyl sites for hydroxylation is 1. The van der Waals surface area contributed by atoms with E-state index in [4.69, 9.17) is 0 Å². The molecule has 2 aromatic heterocycles. The van der Waals surface area contributed by atoms with Gasteiger partial charge in [0.15, 0.2) is 11.6 Å². The minimum atomic E-state index is 0. The Kier molecular flexibility index (Phi) is 7.61. The van der Waals surface area contributed by atoms with Crippen LogP contribution in [0, 0.1) is 0 Å². The summed E-state index contributed by atoms with van der Waals surface area (Å²) in [6.45, 7) is 3.28. The van der Waals surface area contributed by atoms with Gasteiger partial charge < -0.3 is 15.5 Å². The summed E-state index contributed by atoms with van der Waals surface area (Å²) in [5.41, 5.74) is 3.54. The van der Waals surface area contributed by atoms with E-state index in [2.05, 4.69) is 72.0 Å². The first-order valence-electron chi connectivity index (χ1n) is 9.83. The molecule has 0 bridgehead atoms. The summed E-state index contributed by atoms with van der Waals surface area (Å²) in [4.78, 5) is 15.3. The maximum absolute atomic E-state index is 4.44. The van der Waals surface area contributed by atoms with Crippen molar-refractivity contribution in [1.82, 2.24) is 30.0 Å². The largest absolute Gasteiger partial charge is 0.368 e. The van der Waals surface area contributed by atoms with E-state index in [9.17, 15) is 0 Å². The number of hydrogen-bond acceptors (Lipinski definition) is 5. The predicted octanol–water partition coefficient (Wildman–Crippen LogP) is 2.76. The molecule has 9 heteroatoms. The number of guanidine groups is 1. The lowest BCUT2D eigenvalue weighted by Crippen LogP contribution is -2.44. The zero-order chi connectivity index (χ0) is 20.1. The summed E-state index contributed by atoms with van der Waals surface area (Å²) in [6, 6.07) is 10.6. The van der Waals surface area contributed by atoms with Gasteiger partial charge in [-0.15, -0.1) is 24.0 Å². The number of hydrogen-bond donors (Lipinski definition) is 2. The molecule has 0 unspecified atom stereocenters. The van der Waals surface area contributed by atoms with Crippen LogP contribution in [0.3, 0.4) is 0 Å². The summed E-state index contributed by atoms with van der Waals surface area (Å²) < 4.78 is 1.75. The molecule has 30 heavy (non-hydrogen) atoms. The van der Waals surface area contributed by atoms with E-state index in [-0.39, 0.29) is 24.0 Å². The number of anilines is 1. The molecule has 0 fully saturated rings. The van der Waals surface area contributed by atoms with Crippen molar-refractivity contribution in [3.8, 4) is 0 Å². The van der Waals surface area contributed by atoms with Crippen molar-refractivity contribution in [3.63, 3.8) is 0 Å². The van der Waals surface area contributed by atoms with Crippen LogP contribution < -0.4 is 10.6 Å². The number of benzene rings is 1. The van der Waals surface area contributed by atoms with Crippen LogP contribution in [0.1, 0.15) is 12.0 Å². The number of fused-ring (bicyclic) bond motifs is 1. The first-order valence-corrected chi connectivity index (χ1v) is 9.83. The van der Waals surface area contributed by atoms with Crippen LogP contribution in [0.4, 0.5) is 5.82 Å². The zero-order valence-electron chi connectivity index (χ0n) is 17.2. The fourth-order valence-electron chi connectivity index (χ4n) is 3.57. The highest BCUT2D eigenvalue weighted by Crippen LogP contribution is 2.22. The fourth-order valence-corrected chi connectivity index (χ4v) is 3.57. The summed E-state index contributed by atoms with van der Waals surface area (Å²) >= 11 is 0. The first-order chi connectivity index (χ1) is 14.3. The van der Waals surface area contributed by atoms with Gasteiger partial charge in [-0.25, -0.2) is 9.97 Å². The standard InChI is InChI=1S/C21H26N8.HI/c1-22-21(29-12-8-17(9-13-29)16-6-4-3-5-7-16)24-11-10-23-19-18-14-27-28(2)20(18)26-15-25-19;/h3-8,14-15H,9-13H2,1-2H3,(H,22,24)(H,23,25,26);1H. The van der Waals surface area contributed by atoms with Crippen LogP contribution >= 0.6 is 24.0 Å². The third-order valence-corrected chi connectivity index (χ3v) is 5.10. The second kappa shape index (κ2) is 10.4. The number of rotatable bonds is 5. The number of halogens is 1. The highest BCUT2D eigenvalue weighted by Gasteiger charge is 2.16. The molecule has 158 valence electrons. The molecule has 0 radical (unpaired) electrons. The van der Waals surface area contributed by atoms with Gasteiger partial charge in [-0.05, 0) is 17.6 Å². The lowest BCUT2D eigenvalue weighted by Gasteiger charge is -2.29. The van der Waals surface area contributed by atoms with Crippen molar-refractivity contribution >= 4 is 52.4 Å². The highest BCUT2D eigenvalue weighted by molar-refractivity contribution is 14.0. The minimum Gasteiger partial charge on any atom is -0.368 e. The lowest BCUT2D eigenvalue weighted by atomic mass is 10.00. The zero-order valence-corrected chi connectivity index (χ0v) is 19.6. The summed E-state index contributed by atoms with van der Waals surface area (Å²) in [5.74, 6) is 1.72. The summed E-state index contributed by atoms with van der Waals surface area (Å²) in [7, 11) is 3.71. The van der Waals surface area contributed by atoms with Gasteiger partial charge in [0, 0.05) is 40.3 Å². The molecule has 1 aromatic carbocycles. The molecule has 1 aliphatic rings. The van der Waals surface area contributed by atoms with Gasteiger partial charge in [-0.2, -0.15) is 5.10 Å². The quantitative estimate of drug-likeness (QED) is 0.234. The molecule has 0 saturated carbocycles. The Morgan fingerprint density at radius 2 is 2.00 bits per heavy atom. The van der Waals surface area contributed by atoms with Crippen LogP contribution in [-0.4, -0.2) is 63.8 Å². The van der Waals surface area contributed by atoms with Gasteiger partial charge in [-0.3, -0.25) is 9.67 Å². The van der Waals surface area contributed by atoms with Crippen LogP contribution in [0.5, 0.6) is 0 Å². The Balaban J connectivity index is 0.00000256. The van der Waals surface area contributed by atoms with E-state index >= 15 is 0 Å². The van der Waals surface area contributed by atoms with E-state index in [1.807, 2.05) is 14.1 Å². The minimum absolute atomic E-state index is 0. The summed E-state index contributed by atoms with van der Waals surface area (Å²) in [5, 5.41) is 12.0. The summed E-state index contributed by atoms with van der Waals surface area (Å²) in [6.07, 6.45) is 6.66. The number of nitrogens with one attached hydrogen (secondary N) is 2. The molecule has 1 aliphatic heterocycles. The predicted molar refractivity (Wildman–Crippen MR) is 132 cm³/mol. The molecule has 4 rings (SSSR count). The molecule has 0 saturated heterocycles. The lowest BCUT2D eigenvalue weighted by molar-refractivity contribution is 0.441. The first kappa shape index (κ1) is 22.0. The second-order valence-corrected chi connectivity index (χ2v) is 6.92. The monoisotopic (exact) mass is 518 g/mol. The topological polar surface area (TPSA) is 83.3 Å². The second-order valence-electron chi connectivity index (χ2n) is 6.92. The Morgan fingerprint density at radius 3 is 2.73 bits per heavy atom. The van der Waals surface area contributed by atoms with Crippen molar-refractivity contribution in [1.29, 1.82) is 0 Å². The van der Waals surface area contributed by atoms with Crippen LogP contribution in [0.25, 0.3) is 16.6 Å². The Bertz CT molecular complexity index is 1030. The molecule has 2 N–H and O–H groups in total. The molecule has 0 aliphatic carbocycles. The molecular formula is C21H27IN8. The average Bonchev–Trinajstić information content (AvgIpc) is 3.16. The van der Waals surface area contributed by atoms with E-state index < -0.39 is 0 Å². The van der Waals surface area contributed by atoms with Crippen molar-refractivity contribution in [2.24, 2.45) is 12.0 Å². The van der Waals surface area contributed by atoms with Gasteiger partial charge in [0.25, 0.3) is 0 Å². The number of nitrogens with zero attached hydrogens (tertiary/aromatic N) is 6. The normalized spacial score (nSPS) is 14.3. The van der Waals surface area contributed by atoms with Gasteiger partial charge in [-0.1, -0.05) is 36.4 Å². The van der Waals surface area contributed by atoms with E-state index in [1.54, 1.807) is 17.2 Å². The number of aliphatic imine (C=N–C) groups is 1. The molecule has 0 amide bonds. The fraction of sp³-hybridized carbons (Fsp3) is 0.333. The van der Waals surface area contributed by atoms with Crippen LogP contribution in [0.15, 0.2) is 53.9 Å². The molecular weight excluding hydrogens is 491 g/mol. The smallest absolute Gasteiger partial charge is 0.194 e. The van der Waals surface area contributed by atoms with E-state index in [1.165, 1.54) is 11.1 Å². The SMILES string of the molecule is CN=C(NCCNc1ncnc2c1cnn2C)N1CC=C(c2ccccc2)CC1.I. The van der Waals surface area contributed by atoms with E-state index in [0.29, 0.717) is 0 Å². The molecule has 3 heterocycles. The average molecular weight is 518 g/mol. The maximum Gasteiger partial charge on any atom is 0.194 e. The maximum atomic E-state index is 4.44. The Hall–Kier alpha value is -2.69. The number of aromatic nitrogens is 4. The van der Waals surface area contributed by atoms with Gasteiger partial charge in [0.2, 0.25) is 0 Å². The van der Waals surface area contributed by atoms with E-state index in [0.717, 1.165) is 55.4 Å². The van der Waals surface area contributed by atoms with Crippen LogP contribution in [0.2, 0.25) is 0 Å². The Morgan fingerprint density at radius 1 is 1.17 bits per heavy atom. The van der Waals surface area contributed by atoms with Crippen LogP contribution in [-0.2, 0) is 7.05 Å². The molecule has 0 atom stereocenters. The van der Waals surface area contributed by atoms with Crippen molar-refractivity contribution in [2.45, 2.75) is 6.42 Å². The highest BCUT2D eigenvalue weighted by atomic mass is 127. The van der Waals surface area contributed by atoms with Gasteiger partial charge in [0.05, 0.1) is 11.6 Å². The third-order valence-electron chi connectivity index (χ3n) is 5.10. The third kappa shape index (κ3) is 4.89. The van der Waals surface area contributed by atoms with Crippen molar-refractivity contribution in [2.75, 3.05) is 38.5 Å². The Labute approximate surface area is 193 Å². The van der Waals surface area contributed by atoms with Crippen molar-refractivity contribution < 1.29 is 0 Å². The van der Waals surface area contributed by atoms with Crippen molar-refractivity contribution in [3.05, 3.63) is 54.5 Å². The molecule has 0 spiro atoms. The van der Waals surface area contributed by atoms with Gasteiger partial charge in [0.1, 0.15) is 12.1 Å². The molecule has 8 nitrogen and oxygen atoms in total. The molecule has 3 aromatic rings. The van der Waals surface area contributed by atoms with Gasteiger partial charge >= 0.3 is 0 Å².